The number of hydrazone groups is 2. The minimum absolute atomic E-state index is 0.196. The molecule has 0 saturated carbocycles. The van der Waals surface area contributed by atoms with Crippen molar-refractivity contribution in [1.29, 1.82) is 0 Å². The van der Waals surface area contributed by atoms with Crippen LogP contribution >= 0.6 is 24.4 Å². The maximum atomic E-state index is 4.80. The van der Waals surface area contributed by atoms with Gasteiger partial charge in [-0.25, -0.2) is 5.43 Å². The van der Waals surface area contributed by atoms with E-state index in [1.807, 2.05) is 0 Å². The highest BCUT2D eigenvalue weighted by Gasteiger charge is 1.90. The Morgan fingerprint density at radius 3 is 2.53 bits per heavy atom. The number of nitrogens with one attached hydrogen (secondary N) is 3. The van der Waals surface area contributed by atoms with Crippen molar-refractivity contribution >= 4 is 46.6 Å². The SMILES string of the molecule is CNC(=S)N/N=C/C(C)=N/NC(=S)OC. The number of rotatable bonds is 3. The summed E-state index contributed by atoms with van der Waals surface area (Å²) in [5.74, 6) is 0. The van der Waals surface area contributed by atoms with Gasteiger partial charge in [-0.15, -0.1) is 0 Å². The second kappa shape index (κ2) is 8.06. The van der Waals surface area contributed by atoms with Crippen molar-refractivity contribution in [1.82, 2.24) is 16.2 Å². The smallest absolute Gasteiger partial charge is 0.277 e. The summed E-state index contributed by atoms with van der Waals surface area (Å²) in [5.41, 5.74) is 5.72. The Bertz CT molecular complexity index is 289. The van der Waals surface area contributed by atoms with Crippen LogP contribution in [0.1, 0.15) is 6.92 Å². The van der Waals surface area contributed by atoms with Gasteiger partial charge in [-0.3, -0.25) is 5.43 Å². The molecule has 0 radical (unpaired) electrons. The second-order valence-electron chi connectivity index (χ2n) is 2.31. The van der Waals surface area contributed by atoms with E-state index in [-0.39, 0.29) is 5.17 Å². The van der Waals surface area contributed by atoms with Crippen LogP contribution in [0.15, 0.2) is 10.2 Å². The lowest BCUT2D eigenvalue weighted by molar-refractivity contribution is 0.394. The zero-order valence-corrected chi connectivity index (χ0v) is 10.3. The minimum Gasteiger partial charge on any atom is -0.473 e. The van der Waals surface area contributed by atoms with Crippen LogP contribution in [0.25, 0.3) is 0 Å². The molecular weight excluding hydrogens is 234 g/mol. The number of ether oxygens (including phenoxy) is 1. The van der Waals surface area contributed by atoms with Crippen LogP contribution in [0.5, 0.6) is 0 Å². The lowest BCUT2D eigenvalue weighted by atomic mass is 10.5. The van der Waals surface area contributed by atoms with Crippen molar-refractivity contribution in [3.8, 4) is 0 Å². The molecular formula is C7H13N5OS2. The Balaban J connectivity index is 3.95. The summed E-state index contributed by atoms with van der Waals surface area (Å²) in [4.78, 5) is 0. The van der Waals surface area contributed by atoms with E-state index in [2.05, 4.69) is 31.1 Å². The van der Waals surface area contributed by atoms with Gasteiger partial charge < -0.3 is 10.1 Å². The molecule has 3 N–H and O–H groups in total. The number of nitrogens with zero attached hydrogens (tertiary/aromatic N) is 2. The van der Waals surface area contributed by atoms with E-state index in [0.29, 0.717) is 10.8 Å². The van der Waals surface area contributed by atoms with Crippen molar-refractivity contribution < 1.29 is 4.74 Å². The molecule has 0 aliphatic carbocycles. The van der Waals surface area contributed by atoms with Crippen molar-refractivity contribution in [3.63, 3.8) is 0 Å². The molecule has 0 aromatic heterocycles. The van der Waals surface area contributed by atoms with Crippen molar-refractivity contribution in [3.05, 3.63) is 0 Å². The van der Waals surface area contributed by atoms with Gasteiger partial charge in [0.25, 0.3) is 5.17 Å². The van der Waals surface area contributed by atoms with E-state index in [9.17, 15) is 0 Å². The molecule has 0 atom stereocenters. The molecule has 0 aromatic carbocycles. The molecule has 0 fully saturated rings. The molecule has 84 valence electrons. The van der Waals surface area contributed by atoms with E-state index in [1.54, 1.807) is 14.0 Å². The predicted octanol–water partition coefficient (Wildman–Crippen LogP) is -0.0371. The molecule has 0 bridgehead atoms. The predicted molar refractivity (Wildman–Crippen MR) is 69.1 cm³/mol. The van der Waals surface area contributed by atoms with Gasteiger partial charge in [0.2, 0.25) is 0 Å². The van der Waals surface area contributed by atoms with Crippen molar-refractivity contribution in [2.45, 2.75) is 6.92 Å². The first-order chi connectivity index (χ1) is 7.10. The van der Waals surface area contributed by atoms with E-state index >= 15 is 0 Å². The van der Waals surface area contributed by atoms with Crippen LogP contribution in [0.4, 0.5) is 0 Å². The standard InChI is InChI=1S/C7H13N5OS2/c1-5(10-12-7(15)13-3)4-9-11-6(14)8-2/h4H,1-3H3,(H,12,15)(H2,8,11,14)/b9-4+,10-5+. The second-order valence-corrected chi connectivity index (χ2v) is 3.08. The van der Waals surface area contributed by atoms with Crippen LogP contribution < -0.4 is 16.2 Å². The lowest BCUT2D eigenvalue weighted by Gasteiger charge is -2.01. The normalized spacial score (nSPS) is 11.0. The first-order valence-electron chi connectivity index (χ1n) is 3.99. The summed E-state index contributed by atoms with van der Waals surface area (Å²) < 4.78 is 4.68. The van der Waals surface area contributed by atoms with Crippen LogP contribution in [0.3, 0.4) is 0 Å². The quantitative estimate of drug-likeness (QED) is 0.369. The van der Waals surface area contributed by atoms with Gasteiger partial charge in [-0.05, 0) is 31.4 Å². The molecule has 8 heteroatoms. The number of thiocarbonyl (C=S) groups is 2. The zero-order valence-electron chi connectivity index (χ0n) is 8.70. The Labute approximate surface area is 99.1 Å². The van der Waals surface area contributed by atoms with Gasteiger partial charge in [-0.2, -0.15) is 10.2 Å². The monoisotopic (exact) mass is 247 g/mol. The maximum absolute atomic E-state index is 4.80. The first-order valence-corrected chi connectivity index (χ1v) is 4.80. The van der Waals surface area contributed by atoms with Gasteiger partial charge in [0.05, 0.1) is 19.0 Å². The number of methoxy groups -OCH3 is 1. The maximum Gasteiger partial charge on any atom is 0.277 e. The van der Waals surface area contributed by atoms with Crippen LogP contribution in [-0.2, 0) is 4.74 Å². The van der Waals surface area contributed by atoms with Crippen LogP contribution in [0.2, 0.25) is 0 Å². The fraction of sp³-hybridized carbons (Fsp3) is 0.429. The third kappa shape index (κ3) is 7.77. The van der Waals surface area contributed by atoms with Gasteiger partial charge in [0, 0.05) is 7.05 Å². The average Bonchev–Trinajstić information content (AvgIpc) is 2.25. The third-order valence-corrected chi connectivity index (χ3v) is 1.71. The molecule has 0 aliphatic heterocycles. The molecule has 0 amide bonds. The van der Waals surface area contributed by atoms with Gasteiger partial charge >= 0.3 is 0 Å². The van der Waals surface area contributed by atoms with Crippen LogP contribution in [-0.4, -0.2) is 36.4 Å². The highest BCUT2D eigenvalue weighted by molar-refractivity contribution is 7.80. The third-order valence-electron chi connectivity index (χ3n) is 1.15. The Morgan fingerprint density at radius 2 is 2.00 bits per heavy atom. The Morgan fingerprint density at radius 1 is 1.33 bits per heavy atom. The molecule has 0 saturated heterocycles. The molecule has 0 spiro atoms. The molecule has 0 rings (SSSR count). The van der Waals surface area contributed by atoms with Crippen LogP contribution in [0, 0.1) is 0 Å². The summed E-state index contributed by atoms with van der Waals surface area (Å²) >= 11 is 9.52. The number of hydrogen-bond acceptors (Lipinski definition) is 5. The first kappa shape index (κ1) is 13.7. The fourth-order valence-corrected chi connectivity index (χ4v) is 0.547. The minimum atomic E-state index is 0.196. The summed E-state index contributed by atoms with van der Waals surface area (Å²) in [5, 5.41) is 11.0. The van der Waals surface area contributed by atoms with Gasteiger partial charge in [0.15, 0.2) is 5.11 Å². The van der Waals surface area contributed by atoms with E-state index in [0.717, 1.165) is 0 Å². The Hall–Kier alpha value is -1.28. The average molecular weight is 247 g/mol. The summed E-state index contributed by atoms with van der Waals surface area (Å²) in [6, 6.07) is 0. The summed E-state index contributed by atoms with van der Waals surface area (Å²) in [6.45, 7) is 1.75. The molecule has 15 heavy (non-hydrogen) atoms. The van der Waals surface area contributed by atoms with E-state index in [4.69, 9.17) is 24.4 Å². The van der Waals surface area contributed by atoms with Gasteiger partial charge in [0.1, 0.15) is 0 Å². The highest BCUT2D eigenvalue weighted by Crippen LogP contribution is 1.75. The van der Waals surface area contributed by atoms with Crippen molar-refractivity contribution in [2.24, 2.45) is 10.2 Å². The summed E-state index contributed by atoms with van der Waals surface area (Å²) in [6.07, 6.45) is 1.49. The zero-order chi connectivity index (χ0) is 11.7. The molecule has 0 unspecified atom stereocenters. The Kier molecular flexibility index (Phi) is 7.38. The molecule has 0 aliphatic rings. The lowest BCUT2D eigenvalue weighted by Crippen LogP contribution is -2.28. The van der Waals surface area contributed by atoms with Gasteiger partial charge in [-0.1, -0.05) is 0 Å². The van der Waals surface area contributed by atoms with E-state index in [1.165, 1.54) is 13.3 Å². The largest absolute Gasteiger partial charge is 0.473 e. The van der Waals surface area contributed by atoms with Crippen molar-refractivity contribution in [2.75, 3.05) is 14.2 Å². The molecule has 0 aromatic rings. The number of hydrogen-bond donors (Lipinski definition) is 3. The topological polar surface area (TPSA) is 70.0 Å². The summed E-state index contributed by atoms with van der Waals surface area (Å²) in [7, 11) is 3.16. The highest BCUT2D eigenvalue weighted by atomic mass is 32.1. The molecule has 6 nitrogen and oxygen atoms in total. The van der Waals surface area contributed by atoms with E-state index < -0.39 is 0 Å². The fourth-order valence-electron chi connectivity index (χ4n) is 0.449. The molecule has 0 heterocycles.